The zero-order chi connectivity index (χ0) is 19.2. The summed E-state index contributed by atoms with van der Waals surface area (Å²) in [6, 6.07) is 6.03. The summed E-state index contributed by atoms with van der Waals surface area (Å²) in [4.78, 5) is 16.0. The largest absolute Gasteiger partial charge is 0.493 e. The Morgan fingerprint density at radius 1 is 1.27 bits per heavy atom. The molecule has 0 aromatic heterocycles. The number of carbonyl (C=O) groups is 1. The van der Waals surface area contributed by atoms with Crippen LogP contribution >= 0.6 is 0 Å². The van der Waals surface area contributed by atoms with Gasteiger partial charge in [0.05, 0.1) is 12.2 Å². The topological polar surface area (TPSA) is 65.8 Å². The number of halogens is 1. The zero-order valence-corrected chi connectivity index (χ0v) is 15.6. The van der Waals surface area contributed by atoms with Crippen LogP contribution in [-0.2, 0) is 4.74 Å². The molecule has 0 bridgehead atoms. The van der Waals surface area contributed by atoms with Crippen molar-refractivity contribution >= 4 is 6.09 Å². The van der Waals surface area contributed by atoms with Crippen LogP contribution in [0.2, 0.25) is 0 Å². The highest BCUT2D eigenvalue weighted by atomic mass is 19.1. The minimum atomic E-state index is -0.566. The molecule has 0 unspecified atom stereocenters. The fourth-order valence-electron chi connectivity index (χ4n) is 2.63. The number of rotatable bonds is 5. The molecule has 0 spiro atoms. The number of amides is 1. The molecule has 2 rings (SSSR count). The number of carbonyl (C=O) groups excluding carboxylic acids is 1. The van der Waals surface area contributed by atoms with Gasteiger partial charge in [-0.25, -0.2) is 9.18 Å². The molecule has 1 aromatic rings. The van der Waals surface area contributed by atoms with Gasteiger partial charge in [-0.3, -0.25) is 4.90 Å². The Hall–Kier alpha value is -2.33. The van der Waals surface area contributed by atoms with E-state index in [4.69, 9.17) is 14.7 Å². The van der Waals surface area contributed by atoms with Crippen LogP contribution in [0.3, 0.4) is 0 Å². The van der Waals surface area contributed by atoms with Gasteiger partial charge in [0.15, 0.2) is 0 Å². The average Bonchev–Trinajstić information content (AvgIpc) is 2.58. The van der Waals surface area contributed by atoms with E-state index in [1.165, 1.54) is 12.1 Å². The minimum absolute atomic E-state index is 0.0141. The van der Waals surface area contributed by atoms with Crippen molar-refractivity contribution in [2.24, 2.45) is 0 Å². The molecule has 1 fully saturated rings. The van der Waals surface area contributed by atoms with Crippen molar-refractivity contribution in [3.8, 4) is 11.8 Å². The third-order valence-electron chi connectivity index (χ3n) is 3.97. The minimum Gasteiger partial charge on any atom is -0.493 e. The first-order chi connectivity index (χ1) is 12.3. The van der Waals surface area contributed by atoms with Crippen molar-refractivity contribution in [2.45, 2.75) is 32.8 Å². The number of piperazine rings is 1. The quantitative estimate of drug-likeness (QED) is 0.753. The van der Waals surface area contributed by atoms with Crippen molar-refractivity contribution in [1.29, 1.82) is 5.26 Å². The lowest BCUT2D eigenvalue weighted by Gasteiger charge is -2.35. The summed E-state index contributed by atoms with van der Waals surface area (Å²) < 4.78 is 24.4. The molecule has 1 saturated heterocycles. The van der Waals surface area contributed by atoms with E-state index in [-0.39, 0.29) is 11.7 Å². The van der Waals surface area contributed by atoms with E-state index in [0.29, 0.717) is 25.4 Å². The van der Waals surface area contributed by atoms with Gasteiger partial charge in [0.25, 0.3) is 0 Å². The molecule has 0 saturated carbocycles. The molecular weight excluding hydrogens is 337 g/mol. The Labute approximate surface area is 154 Å². The fourth-order valence-corrected chi connectivity index (χ4v) is 2.63. The summed E-state index contributed by atoms with van der Waals surface area (Å²) in [6.45, 7) is 9.80. The Kier molecular flexibility index (Phi) is 6.81. The van der Waals surface area contributed by atoms with Gasteiger partial charge < -0.3 is 14.4 Å². The first kappa shape index (κ1) is 20.0. The fraction of sp³-hybridized carbons (Fsp3) is 0.579. The summed E-state index contributed by atoms with van der Waals surface area (Å²) in [5, 5.41) is 8.71. The molecule has 1 aliphatic heterocycles. The highest BCUT2D eigenvalue weighted by Gasteiger charge is 2.25. The molecule has 1 aliphatic rings. The van der Waals surface area contributed by atoms with Gasteiger partial charge in [-0.05, 0) is 39.3 Å². The van der Waals surface area contributed by atoms with Crippen molar-refractivity contribution in [3.63, 3.8) is 0 Å². The number of nitriles is 1. The maximum Gasteiger partial charge on any atom is 0.410 e. The molecule has 0 N–H and O–H groups in total. The molecule has 1 amide bonds. The second-order valence-electron chi connectivity index (χ2n) is 7.26. The predicted octanol–water partition coefficient (Wildman–Crippen LogP) is 3.02. The van der Waals surface area contributed by atoms with Crippen LogP contribution in [0.15, 0.2) is 18.2 Å². The van der Waals surface area contributed by atoms with E-state index in [2.05, 4.69) is 4.90 Å². The van der Waals surface area contributed by atoms with Crippen molar-refractivity contribution in [1.82, 2.24) is 9.80 Å². The molecule has 0 radical (unpaired) electrons. The highest BCUT2D eigenvalue weighted by Crippen LogP contribution is 2.16. The molecule has 1 aromatic carbocycles. The van der Waals surface area contributed by atoms with Gasteiger partial charge >= 0.3 is 6.09 Å². The second kappa shape index (κ2) is 8.86. The van der Waals surface area contributed by atoms with Gasteiger partial charge in [0.1, 0.15) is 23.2 Å². The summed E-state index contributed by atoms with van der Waals surface area (Å²) in [5.74, 6) is -0.139. The van der Waals surface area contributed by atoms with Crippen LogP contribution in [0.25, 0.3) is 0 Å². The number of hydrogen-bond acceptors (Lipinski definition) is 5. The molecule has 0 aliphatic carbocycles. The maximum absolute atomic E-state index is 13.5. The molecule has 0 atom stereocenters. The molecule has 26 heavy (non-hydrogen) atoms. The SMILES string of the molecule is CC(C)(C)OC(=O)N1CCN(CCCOc2ccc(C#N)c(F)c2)CC1. The summed E-state index contributed by atoms with van der Waals surface area (Å²) >= 11 is 0. The normalized spacial score (nSPS) is 15.4. The third-order valence-corrected chi connectivity index (χ3v) is 3.97. The Balaban J connectivity index is 1.65. The van der Waals surface area contributed by atoms with Crippen molar-refractivity contribution in [3.05, 3.63) is 29.6 Å². The molecule has 6 nitrogen and oxygen atoms in total. The smallest absolute Gasteiger partial charge is 0.410 e. The van der Waals surface area contributed by atoms with E-state index in [0.717, 1.165) is 26.1 Å². The van der Waals surface area contributed by atoms with Crippen molar-refractivity contribution in [2.75, 3.05) is 39.3 Å². The van der Waals surface area contributed by atoms with Gasteiger partial charge in [0, 0.05) is 38.8 Å². The van der Waals surface area contributed by atoms with Crippen LogP contribution in [-0.4, -0.2) is 60.8 Å². The Morgan fingerprint density at radius 2 is 1.96 bits per heavy atom. The Morgan fingerprint density at radius 3 is 2.54 bits per heavy atom. The van der Waals surface area contributed by atoms with E-state index in [1.807, 2.05) is 20.8 Å². The molecule has 142 valence electrons. The van der Waals surface area contributed by atoms with Crippen LogP contribution in [0, 0.1) is 17.1 Å². The summed E-state index contributed by atoms with van der Waals surface area (Å²) in [5.41, 5.74) is -0.462. The predicted molar refractivity (Wildman–Crippen MR) is 95.5 cm³/mol. The summed E-state index contributed by atoms with van der Waals surface area (Å²) in [6.07, 6.45) is 0.539. The first-order valence-corrected chi connectivity index (χ1v) is 8.81. The number of benzene rings is 1. The number of ether oxygens (including phenoxy) is 2. The maximum atomic E-state index is 13.5. The second-order valence-corrected chi connectivity index (χ2v) is 7.26. The number of hydrogen-bond donors (Lipinski definition) is 0. The molecular formula is C19H26FN3O3. The number of nitrogens with zero attached hydrogens (tertiary/aromatic N) is 3. The Bertz CT molecular complexity index is 659. The van der Waals surface area contributed by atoms with Crippen LogP contribution < -0.4 is 4.74 Å². The van der Waals surface area contributed by atoms with E-state index in [9.17, 15) is 9.18 Å². The highest BCUT2D eigenvalue weighted by molar-refractivity contribution is 5.68. The average molecular weight is 363 g/mol. The zero-order valence-electron chi connectivity index (χ0n) is 15.6. The monoisotopic (exact) mass is 363 g/mol. The van der Waals surface area contributed by atoms with Gasteiger partial charge in [-0.15, -0.1) is 0 Å². The lowest BCUT2D eigenvalue weighted by molar-refractivity contribution is 0.0142. The standard InChI is InChI=1S/C19H26FN3O3/c1-19(2,3)26-18(24)23-10-8-22(9-11-23)7-4-12-25-16-6-5-15(14-21)17(20)13-16/h5-6,13H,4,7-12H2,1-3H3. The van der Waals surface area contributed by atoms with Crippen LogP contribution in [0.4, 0.5) is 9.18 Å². The molecule has 1 heterocycles. The van der Waals surface area contributed by atoms with Crippen molar-refractivity contribution < 1.29 is 18.7 Å². The molecule has 7 heteroatoms. The van der Waals surface area contributed by atoms with E-state index < -0.39 is 11.4 Å². The lowest BCUT2D eigenvalue weighted by atomic mass is 10.2. The van der Waals surface area contributed by atoms with Gasteiger partial charge in [-0.2, -0.15) is 5.26 Å². The van der Waals surface area contributed by atoms with Crippen LogP contribution in [0.1, 0.15) is 32.8 Å². The van der Waals surface area contributed by atoms with Gasteiger partial charge in [-0.1, -0.05) is 0 Å². The van der Waals surface area contributed by atoms with Gasteiger partial charge in [0.2, 0.25) is 0 Å². The third kappa shape index (κ3) is 6.19. The van der Waals surface area contributed by atoms with Crippen LogP contribution in [0.5, 0.6) is 5.75 Å². The first-order valence-electron chi connectivity index (χ1n) is 8.81. The van der Waals surface area contributed by atoms with E-state index >= 15 is 0 Å². The lowest BCUT2D eigenvalue weighted by Crippen LogP contribution is -2.50. The van der Waals surface area contributed by atoms with E-state index in [1.54, 1.807) is 17.0 Å². The summed E-state index contributed by atoms with van der Waals surface area (Å²) in [7, 11) is 0.